The SMILES string of the molecule is O=C(/C=C/c1ccn(S(=O)(=O)c2ccc(-c3ccc(C(=O)O)cc3)cc2)c1)NO. The molecule has 8 nitrogen and oxygen atoms in total. The van der Waals surface area contributed by atoms with Crippen LogP contribution in [0.5, 0.6) is 0 Å². The summed E-state index contributed by atoms with van der Waals surface area (Å²) in [5.41, 5.74) is 3.58. The number of hydrogen-bond acceptors (Lipinski definition) is 5. The molecule has 2 aromatic carbocycles. The molecule has 3 N–H and O–H groups in total. The molecular weight excluding hydrogens is 396 g/mol. The Kier molecular flexibility index (Phi) is 5.62. The first-order chi connectivity index (χ1) is 13.8. The fourth-order valence-corrected chi connectivity index (χ4v) is 3.80. The molecule has 0 aliphatic carbocycles. The van der Waals surface area contributed by atoms with Crippen LogP contribution in [0.2, 0.25) is 0 Å². The molecule has 0 aliphatic rings. The number of nitrogens with zero attached hydrogens (tertiary/aromatic N) is 1. The van der Waals surface area contributed by atoms with Gasteiger partial charge in [-0.3, -0.25) is 10.0 Å². The monoisotopic (exact) mass is 412 g/mol. The van der Waals surface area contributed by atoms with Crippen molar-refractivity contribution >= 4 is 28.0 Å². The number of carboxylic acid groups (broad SMARTS) is 1. The van der Waals surface area contributed by atoms with Gasteiger partial charge in [0.2, 0.25) is 0 Å². The lowest BCUT2D eigenvalue weighted by Crippen LogP contribution is -2.14. The fourth-order valence-electron chi connectivity index (χ4n) is 2.60. The highest BCUT2D eigenvalue weighted by atomic mass is 32.2. The van der Waals surface area contributed by atoms with E-state index in [9.17, 15) is 18.0 Å². The number of carboxylic acids is 1. The molecule has 1 aromatic heterocycles. The summed E-state index contributed by atoms with van der Waals surface area (Å²) in [6.45, 7) is 0. The zero-order valence-electron chi connectivity index (χ0n) is 14.9. The molecular formula is C20H16N2O6S. The predicted molar refractivity (Wildman–Crippen MR) is 105 cm³/mol. The van der Waals surface area contributed by atoms with E-state index in [4.69, 9.17) is 10.3 Å². The molecule has 0 saturated heterocycles. The van der Waals surface area contributed by atoms with Crippen LogP contribution in [-0.4, -0.2) is 34.6 Å². The number of benzene rings is 2. The van der Waals surface area contributed by atoms with E-state index in [1.165, 1.54) is 54.3 Å². The first-order valence-corrected chi connectivity index (χ1v) is 9.75. The van der Waals surface area contributed by atoms with Crippen molar-refractivity contribution in [2.24, 2.45) is 0 Å². The van der Waals surface area contributed by atoms with E-state index in [1.807, 2.05) is 0 Å². The van der Waals surface area contributed by atoms with Crippen molar-refractivity contribution in [3.05, 3.63) is 84.2 Å². The Hall–Kier alpha value is -3.69. The molecule has 3 aromatic rings. The molecule has 1 heterocycles. The van der Waals surface area contributed by atoms with Gasteiger partial charge < -0.3 is 5.11 Å². The van der Waals surface area contributed by atoms with E-state index in [-0.39, 0.29) is 10.5 Å². The lowest BCUT2D eigenvalue weighted by molar-refractivity contribution is -0.124. The van der Waals surface area contributed by atoms with Crippen molar-refractivity contribution < 1.29 is 28.3 Å². The normalized spacial score (nSPS) is 11.5. The van der Waals surface area contributed by atoms with Crippen LogP contribution in [-0.2, 0) is 14.8 Å². The molecule has 0 radical (unpaired) electrons. The minimum Gasteiger partial charge on any atom is -0.478 e. The summed E-state index contributed by atoms with van der Waals surface area (Å²) in [6.07, 6.45) is 5.12. The minimum absolute atomic E-state index is 0.0719. The van der Waals surface area contributed by atoms with Gasteiger partial charge in [0, 0.05) is 18.5 Å². The van der Waals surface area contributed by atoms with E-state index >= 15 is 0 Å². The lowest BCUT2D eigenvalue weighted by Gasteiger charge is -2.07. The van der Waals surface area contributed by atoms with Crippen LogP contribution in [0.4, 0.5) is 0 Å². The Morgan fingerprint density at radius 3 is 2.07 bits per heavy atom. The maximum Gasteiger partial charge on any atom is 0.335 e. The molecule has 0 atom stereocenters. The van der Waals surface area contributed by atoms with E-state index < -0.39 is 21.9 Å². The third-order valence-corrected chi connectivity index (χ3v) is 5.77. The molecule has 0 fully saturated rings. The second-order valence-corrected chi connectivity index (χ2v) is 7.84. The third-order valence-electron chi connectivity index (χ3n) is 4.12. The van der Waals surface area contributed by atoms with Crippen LogP contribution in [0.3, 0.4) is 0 Å². The lowest BCUT2D eigenvalue weighted by atomic mass is 10.0. The second-order valence-electron chi connectivity index (χ2n) is 6.00. The highest BCUT2D eigenvalue weighted by Crippen LogP contribution is 2.23. The van der Waals surface area contributed by atoms with Crippen molar-refractivity contribution in [3.8, 4) is 11.1 Å². The second kappa shape index (κ2) is 8.13. The topological polar surface area (TPSA) is 126 Å². The van der Waals surface area contributed by atoms with Crippen LogP contribution in [0, 0.1) is 0 Å². The molecule has 1 amide bonds. The van der Waals surface area contributed by atoms with Crippen molar-refractivity contribution in [1.82, 2.24) is 9.45 Å². The van der Waals surface area contributed by atoms with E-state index in [1.54, 1.807) is 24.3 Å². The smallest absolute Gasteiger partial charge is 0.335 e. The van der Waals surface area contributed by atoms with Crippen molar-refractivity contribution in [2.45, 2.75) is 4.90 Å². The van der Waals surface area contributed by atoms with Crippen LogP contribution < -0.4 is 5.48 Å². The Morgan fingerprint density at radius 1 is 0.931 bits per heavy atom. The molecule has 0 unspecified atom stereocenters. The van der Waals surface area contributed by atoms with Gasteiger partial charge in [0.1, 0.15) is 0 Å². The van der Waals surface area contributed by atoms with Gasteiger partial charge in [0.25, 0.3) is 15.9 Å². The summed E-state index contributed by atoms with van der Waals surface area (Å²) in [6, 6.07) is 14.0. The van der Waals surface area contributed by atoms with Crippen LogP contribution in [0.1, 0.15) is 15.9 Å². The average molecular weight is 412 g/mol. The molecule has 29 heavy (non-hydrogen) atoms. The zero-order chi connectivity index (χ0) is 21.0. The van der Waals surface area contributed by atoms with Crippen LogP contribution >= 0.6 is 0 Å². The number of hydroxylamine groups is 1. The van der Waals surface area contributed by atoms with Crippen LogP contribution in [0.15, 0.2) is 78.0 Å². The fraction of sp³-hybridized carbons (Fsp3) is 0. The molecule has 0 aliphatic heterocycles. The van der Waals surface area contributed by atoms with Gasteiger partial charge in [0.05, 0.1) is 10.5 Å². The number of carbonyl (C=O) groups is 2. The van der Waals surface area contributed by atoms with Gasteiger partial charge in [-0.1, -0.05) is 24.3 Å². The van der Waals surface area contributed by atoms with Crippen LogP contribution in [0.25, 0.3) is 17.2 Å². The van der Waals surface area contributed by atoms with E-state index in [2.05, 4.69) is 0 Å². The summed E-state index contributed by atoms with van der Waals surface area (Å²) < 4.78 is 26.6. The zero-order valence-corrected chi connectivity index (χ0v) is 15.7. The number of carbonyl (C=O) groups excluding carboxylic acids is 1. The maximum atomic E-state index is 12.8. The molecule has 3 rings (SSSR count). The average Bonchev–Trinajstić information content (AvgIpc) is 3.22. The van der Waals surface area contributed by atoms with Gasteiger partial charge >= 0.3 is 5.97 Å². The van der Waals surface area contributed by atoms with Crippen molar-refractivity contribution in [3.63, 3.8) is 0 Å². The number of rotatable bonds is 6. The van der Waals surface area contributed by atoms with Gasteiger partial charge in [-0.15, -0.1) is 0 Å². The van der Waals surface area contributed by atoms with Crippen molar-refractivity contribution in [1.29, 1.82) is 0 Å². The largest absolute Gasteiger partial charge is 0.478 e. The summed E-state index contributed by atoms with van der Waals surface area (Å²) in [4.78, 5) is 22.0. The molecule has 0 spiro atoms. The van der Waals surface area contributed by atoms with E-state index in [0.717, 1.165) is 21.2 Å². The maximum absolute atomic E-state index is 12.8. The van der Waals surface area contributed by atoms with E-state index in [0.29, 0.717) is 5.56 Å². The van der Waals surface area contributed by atoms with Gasteiger partial charge in [0.15, 0.2) is 0 Å². The first kappa shape index (κ1) is 20.1. The predicted octanol–water partition coefficient (Wildman–Crippen LogP) is 2.61. The van der Waals surface area contributed by atoms with Gasteiger partial charge in [-0.25, -0.2) is 22.7 Å². The molecule has 0 bridgehead atoms. The summed E-state index contributed by atoms with van der Waals surface area (Å²) in [7, 11) is -3.82. The quantitative estimate of drug-likeness (QED) is 0.325. The van der Waals surface area contributed by atoms with Gasteiger partial charge in [-0.05, 0) is 53.1 Å². The van der Waals surface area contributed by atoms with Crippen molar-refractivity contribution in [2.75, 3.05) is 0 Å². The number of nitrogens with one attached hydrogen (secondary N) is 1. The third kappa shape index (κ3) is 4.42. The number of aromatic nitrogens is 1. The highest BCUT2D eigenvalue weighted by Gasteiger charge is 2.16. The molecule has 9 heteroatoms. The number of hydrogen-bond donors (Lipinski definition) is 3. The number of aromatic carboxylic acids is 1. The Bertz CT molecular complexity index is 1180. The Balaban J connectivity index is 1.83. The summed E-state index contributed by atoms with van der Waals surface area (Å²) in [5.74, 6) is -1.75. The standard InChI is InChI=1S/C20H16N2O6S/c23-19(21-26)10-1-14-11-12-22(13-14)29(27,28)18-8-6-16(7-9-18)15-2-4-17(5-3-15)20(24)25/h1-13,26H,(H,21,23)(H,24,25)/b10-1+. The Labute approximate surface area is 166 Å². The number of amides is 1. The minimum atomic E-state index is -3.82. The summed E-state index contributed by atoms with van der Waals surface area (Å²) in [5, 5.41) is 17.4. The Morgan fingerprint density at radius 2 is 1.52 bits per heavy atom. The first-order valence-electron chi connectivity index (χ1n) is 8.31. The molecule has 148 valence electrons. The van der Waals surface area contributed by atoms with Gasteiger partial charge in [-0.2, -0.15) is 0 Å². The summed E-state index contributed by atoms with van der Waals surface area (Å²) >= 11 is 0. The molecule has 0 saturated carbocycles. The highest BCUT2D eigenvalue weighted by molar-refractivity contribution is 7.90.